The fourth-order valence-electron chi connectivity index (χ4n) is 4.73. The molecule has 0 spiro atoms. The van der Waals surface area contributed by atoms with E-state index in [4.69, 9.17) is 10.5 Å². The maximum Gasteiger partial charge on any atom is 0.283 e. The van der Waals surface area contributed by atoms with Crippen LogP contribution in [0.1, 0.15) is 30.4 Å². The quantitative estimate of drug-likeness (QED) is 0.261. The smallest absolute Gasteiger partial charge is 0.282 e. The van der Waals surface area contributed by atoms with Gasteiger partial charge in [0.2, 0.25) is 5.17 Å². The number of aliphatic imine (C=N–C) groups is 1. The first-order valence-electron chi connectivity index (χ1n) is 11.6. The van der Waals surface area contributed by atoms with E-state index in [0.29, 0.717) is 5.17 Å². The number of carbonyl (C=O) groups is 1. The van der Waals surface area contributed by atoms with Crippen LogP contribution in [0, 0.1) is 5.41 Å². The van der Waals surface area contributed by atoms with Crippen molar-refractivity contribution in [2.45, 2.75) is 19.3 Å². The molecule has 0 saturated heterocycles. The van der Waals surface area contributed by atoms with E-state index in [1.807, 2.05) is 60.7 Å². The number of hydrogen-bond donors (Lipinski definition) is 1. The van der Waals surface area contributed by atoms with E-state index in [9.17, 15) is 4.79 Å². The van der Waals surface area contributed by atoms with Gasteiger partial charge in [-0.1, -0.05) is 85.8 Å². The van der Waals surface area contributed by atoms with Crippen LogP contribution in [0.15, 0.2) is 101 Å². The second-order valence-electron chi connectivity index (χ2n) is 8.56. The number of benzene rings is 4. The van der Waals surface area contributed by atoms with Crippen molar-refractivity contribution in [2.24, 2.45) is 10.1 Å². The van der Waals surface area contributed by atoms with Gasteiger partial charge in [0.15, 0.2) is 5.84 Å². The summed E-state index contributed by atoms with van der Waals surface area (Å²) in [6.07, 6.45) is 2.67. The summed E-state index contributed by atoms with van der Waals surface area (Å²) in [6, 6.07) is 28.6. The number of thioether (sulfide) groups is 1. The molecule has 4 aromatic rings. The van der Waals surface area contributed by atoms with Crippen molar-refractivity contribution in [2.75, 3.05) is 0 Å². The summed E-state index contributed by atoms with van der Waals surface area (Å²) in [7, 11) is 0. The second-order valence-corrected chi connectivity index (χ2v) is 9.55. The number of hydrazone groups is 1. The van der Waals surface area contributed by atoms with Crippen LogP contribution < -0.4 is 0 Å². The van der Waals surface area contributed by atoms with Gasteiger partial charge in [-0.2, -0.15) is 15.1 Å². The SMILES string of the molecule is CC[C@@H](C1=NN2C(=N)/C(=C/c3c4ccccc4cc4ccccc34)C(=O)N=C2S1)c1ccccc1. The minimum atomic E-state index is -0.407. The minimum absolute atomic E-state index is 0.0578. The average Bonchev–Trinajstić information content (AvgIpc) is 3.30. The Hall–Kier alpha value is -4.03. The summed E-state index contributed by atoms with van der Waals surface area (Å²) in [5.74, 6) is -0.260. The molecule has 0 bridgehead atoms. The van der Waals surface area contributed by atoms with Crippen LogP contribution in [0.2, 0.25) is 0 Å². The highest BCUT2D eigenvalue weighted by Crippen LogP contribution is 2.37. The zero-order valence-corrected chi connectivity index (χ0v) is 19.9. The molecule has 0 radical (unpaired) electrons. The molecule has 4 aromatic carbocycles. The van der Waals surface area contributed by atoms with Crippen LogP contribution in [-0.4, -0.2) is 27.0 Å². The topological polar surface area (TPSA) is 68.9 Å². The lowest BCUT2D eigenvalue weighted by molar-refractivity contribution is -0.114. The highest BCUT2D eigenvalue weighted by atomic mass is 32.2. The first kappa shape index (κ1) is 21.5. The zero-order chi connectivity index (χ0) is 23.9. The van der Waals surface area contributed by atoms with Gasteiger partial charge in [0, 0.05) is 5.92 Å². The molecule has 35 heavy (non-hydrogen) atoms. The van der Waals surface area contributed by atoms with Gasteiger partial charge in [0.25, 0.3) is 5.91 Å². The molecule has 2 aliphatic rings. The number of fused-ring (bicyclic) bond motifs is 3. The highest BCUT2D eigenvalue weighted by Gasteiger charge is 2.37. The van der Waals surface area contributed by atoms with E-state index in [0.717, 1.165) is 44.1 Å². The lowest BCUT2D eigenvalue weighted by Gasteiger charge is -2.20. The van der Waals surface area contributed by atoms with Gasteiger partial charge in [0.05, 0.1) is 5.57 Å². The molecule has 0 saturated carbocycles. The molecule has 5 nitrogen and oxygen atoms in total. The van der Waals surface area contributed by atoms with Crippen LogP contribution in [0.25, 0.3) is 27.6 Å². The Morgan fingerprint density at radius 1 is 0.943 bits per heavy atom. The Balaban J connectivity index is 1.45. The number of amidine groups is 2. The lowest BCUT2D eigenvalue weighted by Crippen LogP contribution is -2.35. The zero-order valence-electron chi connectivity index (χ0n) is 19.1. The van der Waals surface area contributed by atoms with Gasteiger partial charge in [0.1, 0.15) is 5.04 Å². The average molecular weight is 475 g/mol. The molecule has 6 rings (SSSR count). The van der Waals surface area contributed by atoms with E-state index in [-0.39, 0.29) is 17.3 Å². The fourth-order valence-corrected chi connectivity index (χ4v) is 5.84. The largest absolute Gasteiger partial charge is 0.283 e. The van der Waals surface area contributed by atoms with Gasteiger partial charge in [-0.05, 0) is 63.0 Å². The summed E-state index contributed by atoms with van der Waals surface area (Å²) in [6.45, 7) is 2.12. The molecule has 0 unspecified atom stereocenters. The van der Waals surface area contributed by atoms with Crippen molar-refractivity contribution < 1.29 is 4.79 Å². The molecule has 0 fully saturated rings. The molecule has 2 heterocycles. The van der Waals surface area contributed by atoms with Gasteiger partial charge < -0.3 is 0 Å². The third-order valence-corrected chi connectivity index (χ3v) is 7.50. The Bertz CT molecular complexity index is 1550. The molecule has 0 aliphatic carbocycles. The van der Waals surface area contributed by atoms with Crippen LogP contribution in [0.5, 0.6) is 0 Å². The minimum Gasteiger partial charge on any atom is -0.282 e. The third-order valence-electron chi connectivity index (χ3n) is 6.48. The molecular formula is C29H22N4OS. The highest BCUT2D eigenvalue weighted by molar-refractivity contribution is 8.27. The van der Waals surface area contributed by atoms with Crippen molar-refractivity contribution in [3.63, 3.8) is 0 Å². The van der Waals surface area contributed by atoms with E-state index < -0.39 is 5.91 Å². The maximum absolute atomic E-state index is 13.2. The number of carbonyl (C=O) groups excluding carboxylic acids is 1. The Labute approximate surface area is 207 Å². The van der Waals surface area contributed by atoms with Gasteiger partial charge in [-0.3, -0.25) is 10.2 Å². The number of hydrogen-bond acceptors (Lipinski definition) is 4. The summed E-state index contributed by atoms with van der Waals surface area (Å²) in [5.41, 5.74) is 2.32. The normalized spacial score (nSPS) is 17.6. The Morgan fingerprint density at radius 3 is 2.23 bits per heavy atom. The van der Waals surface area contributed by atoms with Crippen molar-refractivity contribution in [1.82, 2.24) is 5.01 Å². The first-order chi connectivity index (χ1) is 17.1. The number of nitrogens with one attached hydrogen (secondary N) is 1. The van der Waals surface area contributed by atoms with E-state index in [1.54, 1.807) is 0 Å². The maximum atomic E-state index is 13.2. The second kappa shape index (κ2) is 8.64. The predicted molar refractivity (Wildman–Crippen MR) is 146 cm³/mol. The molecule has 1 amide bonds. The third kappa shape index (κ3) is 3.67. The molecule has 170 valence electrons. The molecule has 1 N–H and O–H groups in total. The van der Waals surface area contributed by atoms with E-state index >= 15 is 0 Å². The lowest BCUT2D eigenvalue weighted by atomic mass is 9.95. The fraction of sp³-hybridized carbons (Fsp3) is 0.103. The van der Waals surface area contributed by atoms with Crippen LogP contribution in [0.3, 0.4) is 0 Å². The summed E-state index contributed by atoms with van der Waals surface area (Å²) in [4.78, 5) is 17.5. The number of rotatable bonds is 4. The van der Waals surface area contributed by atoms with Crippen molar-refractivity contribution >= 4 is 61.3 Å². The van der Waals surface area contributed by atoms with Crippen molar-refractivity contribution in [3.8, 4) is 0 Å². The van der Waals surface area contributed by atoms with Crippen LogP contribution in [-0.2, 0) is 4.79 Å². The number of nitrogens with zero attached hydrogens (tertiary/aromatic N) is 3. The monoisotopic (exact) mass is 474 g/mol. The van der Waals surface area contributed by atoms with Gasteiger partial charge in [-0.15, -0.1) is 0 Å². The predicted octanol–water partition coefficient (Wildman–Crippen LogP) is 6.81. The molecular weight excluding hydrogens is 452 g/mol. The summed E-state index contributed by atoms with van der Waals surface area (Å²) >= 11 is 1.38. The Kier molecular flexibility index (Phi) is 5.30. The molecule has 2 aliphatic heterocycles. The molecule has 0 aromatic heterocycles. The standard InChI is InChI=1S/C29H22N4OS/c1-2-21(18-10-4-3-5-11-18)28-32-33-26(30)25(27(34)31-29(33)35-28)17-24-22-14-8-6-12-19(22)16-20-13-7-9-15-23(20)24/h3-17,21,30H,2H2,1H3/b25-17-,30-26?/t21-/m1/s1. The first-order valence-corrected chi connectivity index (χ1v) is 12.4. The van der Waals surface area contributed by atoms with Gasteiger partial charge in [-0.25, -0.2) is 0 Å². The van der Waals surface area contributed by atoms with Crippen molar-refractivity contribution in [1.29, 1.82) is 5.41 Å². The van der Waals surface area contributed by atoms with Crippen molar-refractivity contribution in [3.05, 3.63) is 102 Å². The van der Waals surface area contributed by atoms with E-state index in [2.05, 4.69) is 42.2 Å². The van der Waals surface area contributed by atoms with Crippen LogP contribution >= 0.6 is 11.8 Å². The number of amides is 1. The van der Waals surface area contributed by atoms with E-state index in [1.165, 1.54) is 16.8 Å². The Morgan fingerprint density at radius 2 is 1.57 bits per heavy atom. The van der Waals surface area contributed by atoms with Crippen LogP contribution in [0.4, 0.5) is 0 Å². The molecule has 1 atom stereocenters. The van der Waals surface area contributed by atoms with Gasteiger partial charge >= 0.3 is 0 Å². The summed E-state index contributed by atoms with van der Waals surface area (Å²) in [5, 5.41) is 20.7. The molecule has 6 heteroatoms. The summed E-state index contributed by atoms with van der Waals surface area (Å²) < 4.78 is 0.